The van der Waals surface area contributed by atoms with E-state index in [-0.39, 0.29) is 23.8 Å². The summed E-state index contributed by atoms with van der Waals surface area (Å²) in [5.41, 5.74) is 0.851. The maximum Gasteiger partial charge on any atom is 0.250 e. The number of benzene rings is 1. The van der Waals surface area contributed by atoms with Crippen molar-refractivity contribution in [2.75, 3.05) is 31.2 Å². The maximum atomic E-state index is 13.5. The number of hydrogen-bond acceptors (Lipinski definition) is 4. The minimum Gasteiger partial charge on any atom is -0.486 e. The predicted molar refractivity (Wildman–Crippen MR) is 99.6 cm³/mol. The fourth-order valence-electron chi connectivity index (χ4n) is 4.54. The summed E-state index contributed by atoms with van der Waals surface area (Å²) in [4.78, 5) is 30.4. The number of anilines is 1. The van der Waals surface area contributed by atoms with Gasteiger partial charge >= 0.3 is 0 Å². The molecule has 1 saturated carbocycles. The van der Waals surface area contributed by atoms with Crippen molar-refractivity contribution in [1.29, 1.82) is 0 Å². The van der Waals surface area contributed by atoms with Gasteiger partial charge in [-0.1, -0.05) is 12.1 Å². The molecular weight excluding hydrogens is 344 g/mol. The molecule has 2 amide bonds. The van der Waals surface area contributed by atoms with Gasteiger partial charge in [0.2, 0.25) is 11.8 Å². The van der Waals surface area contributed by atoms with Gasteiger partial charge in [0.15, 0.2) is 0 Å². The van der Waals surface area contributed by atoms with Crippen LogP contribution in [0.5, 0.6) is 5.75 Å². The average molecular weight is 370 g/mol. The van der Waals surface area contributed by atoms with Crippen molar-refractivity contribution < 1.29 is 19.1 Å². The molecule has 0 radical (unpaired) electrons. The molecule has 6 heteroatoms. The van der Waals surface area contributed by atoms with Crippen LogP contribution in [0.4, 0.5) is 5.69 Å². The Kier molecular flexibility index (Phi) is 4.31. The predicted octanol–water partition coefficient (Wildman–Crippen LogP) is 2.22. The number of rotatable bonds is 3. The largest absolute Gasteiger partial charge is 0.486 e. The third-order valence-corrected chi connectivity index (χ3v) is 6.25. The van der Waals surface area contributed by atoms with Gasteiger partial charge in [0.05, 0.1) is 12.2 Å². The fraction of sp³-hybridized carbons (Fsp3) is 0.619. The third kappa shape index (κ3) is 3.20. The highest BCUT2D eigenvalue weighted by Crippen LogP contribution is 2.40. The van der Waals surface area contributed by atoms with E-state index in [1.54, 1.807) is 4.90 Å². The lowest BCUT2D eigenvalue weighted by Crippen LogP contribution is -2.50. The molecule has 1 aromatic rings. The number of carbonyl (C=O) groups is 2. The van der Waals surface area contributed by atoms with Crippen molar-refractivity contribution in [3.8, 4) is 5.75 Å². The highest BCUT2D eigenvalue weighted by molar-refractivity contribution is 6.01. The molecule has 0 unspecified atom stereocenters. The van der Waals surface area contributed by atoms with Gasteiger partial charge in [-0.05, 0) is 43.7 Å². The van der Waals surface area contributed by atoms with Crippen LogP contribution in [0.3, 0.4) is 0 Å². The lowest BCUT2D eigenvalue weighted by Gasteiger charge is -2.33. The number of nitrogens with zero attached hydrogens (tertiary/aromatic N) is 2. The van der Waals surface area contributed by atoms with Crippen molar-refractivity contribution in [3.05, 3.63) is 24.3 Å². The van der Waals surface area contributed by atoms with E-state index in [1.807, 2.05) is 29.2 Å². The van der Waals surface area contributed by atoms with E-state index in [9.17, 15) is 9.59 Å². The van der Waals surface area contributed by atoms with Crippen LogP contribution >= 0.6 is 0 Å². The second kappa shape index (κ2) is 6.82. The molecule has 3 aliphatic heterocycles. The lowest BCUT2D eigenvalue weighted by atomic mass is 9.98. The zero-order valence-electron chi connectivity index (χ0n) is 15.5. The molecule has 27 heavy (non-hydrogen) atoms. The zero-order chi connectivity index (χ0) is 18.4. The van der Waals surface area contributed by atoms with Crippen molar-refractivity contribution in [2.24, 2.45) is 11.8 Å². The normalized spacial score (nSPS) is 28.4. The minimum atomic E-state index is -0.405. The average Bonchev–Trinajstić information content (AvgIpc) is 3.42. The molecule has 5 rings (SSSR count). The summed E-state index contributed by atoms with van der Waals surface area (Å²) in [5, 5.41) is 0. The van der Waals surface area contributed by atoms with Gasteiger partial charge in [-0.15, -0.1) is 0 Å². The first kappa shape index (κ1) is 17.0. The highest BCUT2D eigenvalue weighted by Gasteiger charge is 2.47. The molecule has 3 fully saturated rings. The van der Waals surface area contributed by atoms with Crippen LogP contribution in [-0.4, -0.2) is 55.2 Å². The molecule has 144 valence electrons. The first-order valence-corrected chi connectivity index (χ1v) is 10.2. The molecule has 0 N–H and O–H groups in total. The highest BCUT2D eigenvalue weighted by atomic mass is 16.5. The Morgan fingerprint density at radius 2 is 1.89 bits per heavy atom. The Morgan fingerprint density at radius 3 is 2.67 bits per heavy atom. The zero-order valence-corrected chi connectivity index (χ0v) is 15.5. The van der Waals surface area contributed by atoms with E-state index in [0.717, 1.165) is 30.8 Å². The second-order valence-corrected chi connectivity index (χ2v) is 8.23. The van der Waals surface area contributed by atoms with Crippen molar-refractivity contribution in [3.63, 3.8) is 0 Å². The SMILES string of the molecule is O=C1[C@@H]2C[C@@H](CN2C(=O)C2CCOCC2)Oc2ccccc2N1CC1CC1. The molecule has 0 aromatic heterocycles. The molecule has 2 bridgehead atoms. The van der Waals surface area contributed by atoms with Gasteiger partial charge in [-0.3, -0.25) is 9.59 Å². The van der Waals surface area contributed by atoms with Crippen LogP contribution in [0.2, 0.25) is 0 Å². The number of fused-ring (bicyclic) bond motifs is 3. The maximum absolute atomic E-state index is 13.5. The molecular formula is C21H26N2O4. The summed E-state index contributed by atoms with van der Waals surface area (Å²) >= 11 is 0. The summed E-state index contributed by atoms with van der Waals surface area (Å²) in [6.45, 7) is 2.47. The monoisotopic (exact) mass is 370 g/mol. The molecule has 4 aliphatic rings. The number of likely N-dealkylation sites (tertiary alicyclic amines) is 1. The number of amides is 2. The third-order valence-electron chi connectivity index (χ3n) is 6.25. The van der Waals surface area contributed by atoms with Crippen LogP contribution in [0.15, 0.2) is 24.3 Å². The van der Waals surface area contributed by atoms with E-state index in [0.29, 0.717) is 32.1 Å². The van der Waals surface area contributed by atoms with Crippen LogP contribution in [0, 0.1) is 11.8 Å². The minimum absolute atomic E-state index is 0.0344. The Bertz CT molecular complexity index is 741. The van der Waals surface area contributed by atoms with Crippen LogP contribution in [0.1, 0.15) is 32.1 Å². The quantitative estimate of drug-likeness (QED) is 0.819. The summed E-state index contributed by atoms with van der Waals surface area (Å²) in [5.74, 6) is 1.45. The lowest BCUT2D eigenvalue weighted by molar-refractivity contribution is -0.143. The van der Waals surface area contributed by atoms with E-state index in [2.05, 4.69) is 0 Å². The summed E-state index contributed by atoms with van der Waals surface area (Å²) in [7, 11) is 0. The van der Waals surface area contributed by atoms with Gasteiger partial charge in [-0.25, -0.2) is 0 Å². The standard InChI is InChI=1S/C21H26N2O4/c24-20(15-7-9-26-10-8-15)23-13-16-11-18(23)21(25)22(12-14-5-6-14)17-3-1-2-4-19(17)27-16/h1-4,14-16,18H,5-13H2/t16-,18-/m0/s1. The van der Waals surface area contributed by atoms with Gasteiger partial charge in [0.25, 0.3) is 0 Å². The van der Waals surface area contributed by atoms with Gasteiger partial charge in [-0.2, -0.15) is 0 Å². The van der Waals surface area contributed by atoms with E-state index < -0.39 is 6.04 Å². The molecule has 2 saturated heterocycles. The van der Waals surface area contributed by atoms with Gasteiger partial charge in [0.1, 0.15) is 17.9 Å². The molecule has 0 spiro atoms. The Morgan fingerprint density at radius 1 is 1.11 bits per heavy atom. The number of hydrogen-bond donors (Lipinski definition) is 0. The number of carbonyl (C=O) groups excluding carboxylic acids is 2. The Balaban J connectivity index is 1.45. The molecule has 1 aliphatic carbocycles. The van der Waals surface area contributed by atoms with Gasteiger partial charge < -0.3 is 19.3 Å². The summed E-state index contributed by atoms with van der Waals surface area (Å²) in [6, 6.07) is 7.38. The Hall–Kier alpha value is -2.08. The van der Waals surface area contributed by atoms with Gasteiger partial charge in [0, 0.05) is 32.1 Å². The summed E-state index contributed by atoms with van der Waals surface area (Å²) < 4.78 is 11.7. The van der Waals surface area contributed by atoms with E-state index in [4.69, 9.17) is 9.47 Å². The van der Waals surface area contributed by atoms with Crippen LogP contribution < -0.4 is 9.64 Å². The molecule has 3 heterocycles. The second-order valence-electron chi connectivity index (χ2n) is 8.23. The first-order chi connectivity index (χ1) is 13.2. The smallest absolute Gasteiger partial charge is 0.250 e. The van der Waals surface area contributed by atoms with Crippen molar-refractivity contribution in [2.45, 2.75) is 44.2 Å². The molecule has 6 nitrogen and oxygen atoms in total. The Labute approximate surface area is 159 Å². The van der Waals surface area contributed by atoms with Crippen LogP contribution in [0.25, 0.3) is 0 Å². The van der Waals surface area contributed by atoms with Crippen molar-refractivity contribution >= 4 is 17.5 Å². The first-order valence-electron chi connectivity index (χ1n) is 10.2. The van der Waals surface area contributed by atoms with E-state index in [1.165, 1.54) is 12.8 Å². The summed E-state index contributed by atoms with van der Waals surface area (Å²) in [6.07, 6.45) is 4.30. The number of ether oxygens (including phenoxy) is 2. The van der Waals surface area contributed by atoms with Crippen molar-refractivity contribution in [1.82, 2.24) is 4.90 Å². The number of para-hydroxylation sites is 2. The topological polar surface area (TPSA) is 59.1 Å². The molecule has 2 atom stereocenters. The van der Waals surface area contributed by atoms with Crippen LogP contribution in [-0.2, 0) is 14.3 Å². The fourth-order valence-corrected chi connectivity index (χ4v) is 4.54. The van der Waals surface area contributed by atoms with E-state index >= 15 is 0 Å². The molecule has 1 aromatic carbocycles.